The second-order valence-electron chi connectivity index (χ2n) is 6.41. The van der Waals surface area contributed by atoms with Crippen molar-refractivity contribution in [3.8, 4) is 0 Å². The van der Waals surface area contributed by atoms with Crippen molar-refractivity contribution in [2.45, 2.75) is 31.7 Å². The summed E-state index contributed by atoms with van der Waals surface area (Å²) in [4.78, 5) is 26.6. The molecule has 1 N–H and O–H groups in total. The number of carbonyl (C=O) groups is 2. The maximum atomic E-state index is 12.6. The van der Waals surface area contributed by atoms with Crippen molar-refractivity contribution in [2.24, 2.45) is 5.41 Å². The molecule has 132 valence electrons. The van der Waals surface area contributed by atoms with Crippen molar-refractivity contribution < 1.29 is 23.5 Å². The lowest BCUT2D eigenvalue weighted by Gasteiger charge is -2.35. The Balaban J connectivity index is 1.64. The number of ether oxygens (including phenoxy) is 2. The smallest absolute Gasteiger partial charge is 0.318 e. The van der Waals surface area contributed by atoms with E-state index in [1.165, 1.54) is 7.11 Å². The number of nitrogens with one attached hydrogen (secondary N) is 1. The van der Waals surface area contributed by atoms with Crippen molar-refractivity contribution in [1.29, 1.82) is 0 Å². The fourth-order valence-electron chi connectivity index (χ4n) is 3.56. The van der Waals surface area contributed by atoms with E-state index >= 15 is 0 Å². The maximum absolute atomic E-state index is 12.6. The third kappa shape index (κ3) is 3.26. The molecule has 2 saturated heterocycles. The van der Waals surface area contributed by atoms with Crippen LogP contribution in [0.4, 0.5) is 4.79 Å². The van der Waals surface area contributed by atoms with Crippen LogP contribution >= 0.6 is 0 Å². The first-order valence-corrected chi connectivity index (χ1v) is 8.40. The summed E-state index contributed by atoms with van der Waals surface area (Å²) in [6, 6.07) is 3.52. The van der Waals surface area contributed by atoms with Gasteiger partial charge in [-0.2, -0.15) is 0 Å². The fraction of sp³-hybridized carbons (Fsp3) is 0.647. The topological polar surface area (TPSA) is 81.0 Å². The van der Waals surface area contributed by atoms with Gasteiger partial charge in [-0.15, -0.1) is 0 Å². The third-order valence-corrected chi connectivity index (χ3v) is 5.03. The molecule has 1 aromatic heterocycles. The lowest BCUT2D eigenvalue weighted by molar-refractivity contribution is -0.158. The van der Waals surface area contributed by atoms with Gasteiger partial charge in [0.05, 0.1) is 24.8 Å². The highest BCUT2D eigenvalue weighted by Crippen LogP contribution is 2.34. The van der Waals surface area contributed by atoms with Gasteiger partial charge in [-0.3, -0.25) is 4.79 Å². The second-order valence-corrected chi connectivity index (χ2v) is 6.41. The number of urea groups is 1. The Bertz CT molecular complexity index is 566. The van der Waals surface area contributed by atoms with E-state index < -0.39 is 5.41 Å². The predicted molar refractivity (Wildman–Crippen MR) is 85.3 cm³/mol. The summed E-state index contributed by atoms with van der Waals surface area (Å²) in [6.07, 6.45) is 4.56. The lowest BCUT2D eigenvalue weighted by atomic mass is 9.80. The lowest BCUT2D eigenvalue weighted by Crippen LogP contribution is -2.50. The van der Waals surface area contributed by atoms with Crippen LogP contribution in [-0.2, 0) is 14.3 Å². The zero-order valence-corrected chi connectivity index (χ0v) is 14.0. The highest BCUT2D eigenvalue weighted by molar-refractivity contribution is 5.79. The van der Waals surface area contributed by atoms with Crippen molar-refractivity contribution in [1.82, 2.24) is 10.2 Å². The number of amides is 2. The molecule has 0 spiro atoms. The number of carbonyl (C=O) groups excluding carboxylic acids is 2. The Morgan fingerprint density at radius 3 is 2.88 bits per heavy atom. The fourth-order valence-corrected chi connectivity index (χ4v) is 3.56. The highest BCUT2D eigenvalue weighted by atomic mass is 16.5. The van der Waals surface area contributed by atoms with Gasteiger partial charge in [0.1, 0.15) is 5.76 Å². The molecule has 0 saturated carbocycles. The zero-order chi connectivity index (χ0) is 17.0. The van der Waals surface area contributed by atoms with E-state index in [0.29, 0.717) is 32.6 Å². The number of hydrogen-bond donors (Lipinski definition) is 1. The SMILES string of the molecule is COC(=O)C1(CNC(=O)N2CCC[C@@H]2c2ccco2)CCOCC1. The Morgan fingerprint density at radius 1 is 1.42 bits per heavy atom. The summed E-state index contributed by atoms with van der Waals surface area (Å²) in [7, 11) is 1.38. The van der Waals surface area contributed by atoms with Crippen LogP contribution in [0.15, 0.2) is 22.8 Å². The van der Waals surface area contributed by atoms with Gasteiger partial charge in [0.15, 0.2) is 0 Å². The minimum absolute atomic E-state index is 0.0382. The zero-order valence-electron chi connectivity index (χ0n) is 14.0. The van der Waals surface area contributed by atoms with Crippen LogP contribution in [0, 0.1) is 5.41 Å². The van der Waals surface area contributed by atoms with Crippen LogP contribution < -0.4 is 5.32 Å². The molecule has 24 heavy (non-hydrogen) atoms. The van der Waals surface area contributed by atoms with E-state index in [1.807, 2.05) is 12.1 Å². The summed E-state index contributed by atoms with van der Waals surface area (Å²) in [5, 5.41) is 2.93. The first kappa shape index (κ1) is 16.8. The largest absolute Gasteiger partial charge is 0.469 e. The minimum Gasteiger partial charge on any atom is -0.469 e. The van der Waals surface area contributed by atoms with Crippen LogP contribution in [0.3, 0.4) is 0 Å². The van der Waals surface area contributed by atoms with Crippen molar-refractivity contribution >= 4 is 12.0 Å². The molecule has 3 heterocycles. The van der Waals surface area contributed by atoms with E-state index in [-0.39, 0.29) is 24.6 Å². The number of methoxy groups -OCH3 is 1. The molecule has 0 radical (unpaired) electrons. The summed E-state index contributed by atoms with van der Waals surface area (Å²) in [5.41, 5.74) is -0.692. The molecular weight excluding hydrogens is 312 g/mol. The molecule has 2 aliphatic heterocycles. The van der Waals surface area contributed by atoms with E-state index in [2.05, 4.69) is 5.32 Å². The van der Waals surface area contributed by atoms with Gasteiger partial charge in [0, 0.05) is 26.3 Å². The molecule has 2 amide bonds. The van der Waals surface area contributed by atoms with Gasteiger partial charge in [-0.05, 0) is 37.8 Å². The van der Waals surface area contributed by atoms with Gasteiger partial charge in [-0.1, -0.05) is 0 Å². The molecule has 0 aromatic carbocycles. The Hall–Kier alpha value is -2.02. The summed E-state index contributed by atoms with van der Waals surface area (Å²) in [5.74, 6) is 0.520. The number of furan rings is 1. The molecule has 1 atom stereocenters. The van der Waals surface area contributed by atoms with Gasteiger partial charge in [0.2, 0.25) is 0 Å². The van der Waals surface area contributed by atoms with Gasteiger partial charge >= 0.3 is 12.0 Å². The van der Waals surface area contributed by atoms with Crippen molar-refractivity contribution in [2.75, 3.05) is 33.4 Å². The number of hydrogen-bond acceptors (Lipinski definition) is 5. The third-order valence-electron chi connectivity index (χ3n) is 5.03. The molecule has 0 unspecified atom stereocenters. The molecule has 7 heteroatoms. The van der Waals surface area contributed by atoms with Crippen LogP contribution in [0.2, 0.25) is 0 Å². The number of esters is 1. The molecule has 0 aliphatic carbocycles. The molecular formula is C17H24N2O5. The monoisotopic (exact) mass is 336 g/mol. The van der Waals surface area contributed by atoms with E-state index in [4.69, 9.17) is 13.9 Å². The van der Waals surface area contributed by atoms with Crippen LogP contribution in [-0.4, -0.2) is 50.3 Å². The van der Waals surface area contributed by atoms with Crippen LogP contribution in [0.5, 0.6) is 0 Å². The number of rotatable bonds is 4. The predicted octanol–water partition coefficient (Wildman–Crippen LogP) is 2.10. The Morgan fingerprint density at radius 2 is 2.21 bits per heavy atom. The van der Waals surface area contributed by atoms with Crippen molar-refractivity contribution in [3.05, 3.63) is 24.2 Å². The first-order valence-electron chi connectivity index (χ1n) is 8.40. The molecule has 2 fully saturated rings. The molecule has 2 aliphatic rings. The number of nitrogens with zero attached hydrogens (tertiary/aromatic N) is 1. The minimum atomic E-state index is -0.692. The molecule has 0 bridgehead atoms. The molecule has 7 nitrogen and oxygen atoms in total. The summed E-state index contributed by atoms with van der Waals surface area (Å²) < 4.78 is 15.8. The average molecular weight is 336 g/mol. The Labute approximate surface area is 141 Å². The van der Waals surface area contributed by atoms with E-state index in [0.717, 1.165) is 18.6 Å². The first-order chi connectivity index (χ1) is 11.7. The quantitative estimate of drug-likeness (QED) is 0.852. The van der Waals surface area contributed by atoms with Crippen molar-refractivity contribution in [3.63, 3.8) is 0 Å². The number of likely N-dealkylation sites (tertiary alicyclic amines) is 1. The van der Waals surface area contributed by atoms with Gasteiger partial charge in [0.25, 0.3) is 0 Å². The normalized spacial score (nSPS) is 23.0. The molecule has 3 rings (SSSR count). The Kier molecular flexibility index (Phi) is 5.08. The summed E-state index contributed by atoms with van der Waals surface area (Å²) >= 11 is 0. The maximum Gasteiger partial charge on any atom is 0.318 e. The van der Waals surface area contributed by atoms with E-state index in [1.54, 1.807) is 11.2 Å². The molecule has 1 aromatic rings. The van der Waals surface area contributed by atoms with Gasteiger partial charge in [-0.25, -0.2) is 4.79 Å². The van der Waals surface area contributed by atoms with Crippen LogP contribution in [0.25, 0.3) is 0 Å². The summed E-state index contributed by atoms with van der Waals surface area (Å²) in [6.45, 7) is 1.96. The van der Waals surface area contributed by atoms with Crippen LogP contribution in [0.1, 0.15) is 37.5 Å². The van der Waals surface area contributed by atoms with E-state index in [9.17, 15) is 9.59 Å². The van der Waals surface area contributed by atoms with Gasteiger partial charge < -0.3 is 24.1 Å². The average Bonchev–Trinajstić information content (AvgIpc) is 3.30. The standard InChI is InChI=1S/C17H24N2O5/c1-22-15(20)17(6-10-23-11-7-17)12-18-16(21)19-8-2-4-13(19)14-5-3-9-24-14/h3,5,9,13H,2,4,6-8,10-12H2,1H3,(H,18,21)/t13-/m1/s1. The second kappa shape index (κ2) is 7.25. The highest BCUT2D eigenvalue weighted by Gasteiger charge is 2.42.